The first-order valence-electron chi connectivity index (χ1n) is 7.09. The zero-order valence-corrected chi connectivity index (χ0v) is 11.7. The quantitative estimate of drug-likeness (QED) is 0.690. The number of rotatable bonds is 3. The monoisotopic (exact) mass is 248 g/mol. The highest BCUT2D eigenvalue weighted by Crippen LogP contribution is 2.58. The Balaban J connectivity index is 2.15. The van der Waals surface area contributed by atoms with Crippen LogP contribution >= 0.6 is 0 Å². The van der Waals surface area contributed by atoms with E-state index in [4.69, 9.17) is 0 Å². The molecule has 3 rings (SSSR count). The van der Waals surface area contributed by atoms with Gasteiger partial charge in [0.05, 0.1) is 0 Å². The minimum atomic E-state index is 0.418. The minimum Gasteiger partial charge on any atom is -0.0645 e. The van der Waals surface area contributed by atoms with E-state index in [9.17, 15) is 0 Å². The number of hydrogen-bond donors (Lipinski definition) is 0. The maximum atomic E-state index is 2.38. The van der Waals surface area contributed by atoms with E-state index in [0.29, 0.717) is 5.41 Å². The van der Waals surface area contributed by atoms with E-state index in [1.807, 2.05) is 0 Å². The van der Waals surface area contributed by atoms with Gasteiger partial charge in [0.15, 0.2) is 0 Å². The fourth-order valence-corrected chi connectivity index (χ4v) is 2.80. The first kappa shape index (κ1) is 12.2. The van der Waals surface area contributed by atoms with Crippen molar-refractivity contribution in [2.75, 3.05) is 0 Å². The maximum absolute atomic E-state index is 2.38. The van der Waals surface area contributed by atoms with Crippen molar-refractivity contribution in [2.45, 2.75) is 26.7 Å². The SMILES string of the molecule is CC[C@@]1(C)CC1=C(c1ccccc1)c1ccccc1. The van der Waals surface area contributed by atoms with Crippen molar-refractivity contribution in [1.82, 2.24) is 0 Å². The molecule has 96 valence electrons. The average molecular weight is 248 g/mol. The molecule has 19 heavy (non-hydrogen) atoms. The van der Waals surface area contributed by atoms with E-state index in [-0.39, 0.29) is 0 Å². The lowest BCUT2D eigenvalue weighted by molar-refractivity contribution is 0.580. The molecule has 0 saturated heterocycles. The topological polar surface area (TPSA) is 0 Å². The molecule has 0 amide bonds. The molecule has 1 atom stereocenters. The van der Waals surface area contributed by atoms with Crippen molar-refractivity contribution < 1.29 is 0 Å². The Morgan fingerprint density at radius 3 is 1.74 bits per heavy atom. The van der Waals surface area contributed by atoms with E-state index in [0.717, 1.165) is 0 Å². The largest absolute Gasteiger partial charge is 0.0645 e. The van der Waals surface area contributed by atoms with Gasteiger partial charge in [-0.3, -0.25) is 0 Å². The Bertz CT molecular complexity index is 551. The summed E-state index contributed by atoms with van der Waals surface area (Å²) in [6.07, 6.45) is 2.47. The van der Waals surface area contributed by atoms with Gasteiger partial charge in [-0.15, -0.1) is 0 Å². The van der Waals surface area contributed by atoms with Gasteiger partial charge in [0.1, 0.15) is 0 Å². The highest BCUT2D eigenvalue weighted by atomic mass is 14.5. The van der Waals surface area contributed by atoms with E-state index >= 15 is 0 Å². The molecule has 0 heterocycles. The zero-order valence-electron chi connectivity index (χ0n) is 11.7. The van der Waals surface area contributed by atoms with Gasteiger partial charge >= 0.3 is 0 Å². The smallest absolute Gasteiger partial charge is 0.00716 e. The van der Waals surface area contributed by atoms with Crippen LogP contribution in [0.5, 0.6) is 0 Å². The summed E-state index contributed by atoms with van der Waals surface area (Å²) in [7, 11) is 0. The molecular weight excluding hydrogens is 228 g/mol. The molecule has 0 spiro atoms. The maximum Gasteiger partial charge on any atom is -0.00716 e. The van der Waals surface area contributed by atoms with Gasteiger partial charge in [0, 0.05) is 0 Å². The molecule has 1 fully saturated rings. The number of allylic oxidation sites excluding steroid dienone is 1. The fourth-order valence-electron chi connectivity index (χ4n) is 2.80. The Morgan fingerprint density at radius 1 is 0.895 bits per heavy atom. The predicted molar refractivity (Wildman–Crippen MR) is 81.9 cm³/mol. The van der Waals surface area contributed by atoms with Gasteiger partial charge in [0.25, 0.3) is 0 Å². The highest BCUT2D eigenvalue weighted by molar-refractivity contribution is 5.85. The first-order chi connectivity index (χ1) is 9.24. The molecule has 0 N–H and O–H groups in total. The van der Waals surface area contributed by atoms with Gasteiger partial charge in [-0.05, 0) is 35.0 Å². The van der Waals surface area contributed by atoms with Crippen molar-refractivity contribution in [3.63, 3.8) is 0 Å². The molecule has 1 aliphatic rings. The van der Waals surface area contributed by atoms with Crippen LogP contribution in [0.3, 0.4) is 0 Å². The normalized spacial score (nSPS) is 21.3. The Hall–Kier alpha value is -1.82. The zero-order chi connectivity index (χ0) is 13.3. The van der Waals surface area contributed by atoms with Crippen LogP contribution in [0.2, 0.25) is 0 Å². The molecule has 1 aliphatic carbocycles. The lowest BCUT2D eigenvalue weighted by atomic mass is 9.93. The third kappa shape index (κ3) is 2.23. The third-order valence-electron chi connectivity index (χ3n) is 4.38. The predicted octanol–water partition coefficient (Wildman–Crippen LogP) is 5.31. The molecule has 0 aromatic heterocycles. The van der Waals surface area contributed by atoms with Crippen LogP contribution in [-0.2, 0) is 0 Å². The highest BCUT2D eigenvalue weighted by Gasteiger charge is 2.44. The molecule has 0 bridgehead atoms. The fraction of sp³-hybridized carbons (Fsp3) is 0.263. The minimum absolute atomic E-state index is 0.418. The Kier molecular flexibility index (Phi) is 3.02. The second-order valence-electron chi connectivity index (χ2n) is 5.68. The van der Waals surface area contributed by atoms with E-state index in [1.165, 1.54) is 29.5 Å². The number of hydrogen-bond acceptors (Lipinski definition) is 0. The molecule has 1 saturated carbocycles. The van der Waals surface area contributed by atoms with Crippen molar-refractivity contribution in [1.29, 1.82) is 0 Å². The van der Waals surface area contributed by atoms with Crippen LogP contribution in [0, 0.1) is 5.41 Å². The summed E-state index contributed by atoms with van der Waals surface area (Å²) in [5.74, 6) is 0. The molecule has 0 heteroatoms. The van der Waals surface area contributed by atoms with E-state index < -0.39 is 0 Å². The summed E-state index contributed by atoms with van der Waals surface area (Å²) in [6.45, 7) is 4.68. The lowest BCUT2D eigenvalue weighted by Crippen LogP contribution is -1.93. The van der Waals surface area contributed by atoms with Crippen LogP contribution in [0.1, 0.15) is 37.8 Å². The summed E-state index contributed by atoms with van der Waals surface area (Å²) >= 11 is 0. The molecule has 0 nitrogen and oxygen atoms in total. The van der Waals surface area contributed by atoms with Crippen molar-refractivity contribution in [3.05, 3.63) is 77.4 Å². The van der Waals surface area contributed by atoms with Crippen LogP contribution in [0.4, 0.5) is 0 Å². The average Bonchev–Trinajstić information content (AvgIpc) is 3.14. The van der Waals surface area contributed by atoms with E-state index in [1.54, 1.807) is 5.57 Å². The molecule has 0 radical (unpaired) electrons. The second kappa shape index (κ2) is 4.70. The van der Waals surface area contributed by atoms with Crippen molar-refractivity contribution >= 4 is 5.57 Å². The standard InChI is InChI=1S/C19H20/c1-3-19(2)14-17(19)18(15-10-6-4-7-11-15)16-12-8-5-9-13-16/h4-13H,3,14H2,1-2H3/t19-/m0/s1. The van der Waals surface area contributed by atoms with Gasteiger partial charge in [-0.1, -0.05) is 80.1 Å². The lowest BCUT2D eigenvalue weighted by Gasteiger charge is -2.11. The molecule has 2 aromatic rings. The van der Waals surface area contributed by atoms with E-state index in [2.05, 4.69) is 74.5 Å². The Morgan fingerprint density at radius 2 is 1.37 bits per heavy atom. The van der Waals surface area contributed by atoms with Crippen LogP contribution in [0.25, 0.3) is 5.57 Å². The molecule has 0 unspecified atom stereocenters. The summed E-state index contributed by atoms with van der Waals surface area (Å²) in [6, 6.07) is 21.6. The van der Waals surface area contributed by atoms with Gasteiger partial charge in [-0.25, -0.2) is 0 Å². The van der Waals surface area contributed by atoms with Crippen molar-refractivity contribution in [2.24, 2.45) is 5.41 Å². The molecule has 2 aromatic carbocycles. The summed E-state index contributed by atoms with van der Waals surface area (Å²) in [5.41, 5.74) is 6.18. The summed E-state index contributed by atoms with van der Waals surface area (Å²) in [5, 5.41) is 0. The van der Waals surface area contributed by atoms with Crippen LogP contribution in [0.15, 0.2) is 66.2 Å². The first-order valence-corrected chi connectivity index (χ1v) is 7.09. The van der Waals surface area contributed by atoms with Gasteiger partial charge < -0.3 is 0 Å². The summed E-state index contributed by atoms with van der Waals surface area (Å²) in [4.78, 5) is 0. The van der Waals surface area contributed by atoms with Gasteiger partial charge in [-0.2, -0.15) is 0 Å². The van der Waals surface area contributed by atoms with Gasteiger partial charge in [0.2, 0.25) is 0 Å². The molecule has 0 aliphatic heterocycles. The second-order valence-corrected chi connectivity index (χ2v) is 5.68. The van der Waals surface area contributed by atoms with Crippen molar-refractivity contribution in [3.8, 4) is 0 Å². The Labute approximate surface area is 115 Å². The molecular formula is C19H20. The van der Waals surface area contributed by atoms with Crippen LogP contribution < -0.4 is 0 Å². The number of benzene rings is 2. The third-order valence-corrected chi connectivity index (χ3v) is 4.38. The van der Waals surface area contributed by atoms with Crippen LogP contribution in [-0.4, -0.2) is 0 Å². The summed E-state index contributed by atoms with van der Waals surface area (Å²) < 4.78 is 0.